The van der Waals surface area contributed by atoms with Crippen molar-refractivity contribution in [2.45, 2.75) is 47.0 Å². The van der Waals surface area contributed by atoms with E-state index in [0.717, 1.165) is 24.0 Å². The number of sulfonamides is 1. The minimum atomic E-state index is -3.72. The molecule has 6 nitrogen and oxygen atoms in total. The van der Waals surface area contributed by atoms with Crippen LogP contribution in [0.1, 0.15) is 49.8 Å². The summed E-state index contributed by atoms with van der Waals surface area (Å²) >= 11 is 0. The molecule has 0 spiro atoms. The predicted octanol–water partition coefficient (Wildman–Crippen LogP) is 3.11. The van der Waals surface area contributed by atoms with Gasteiger partial charge in [-0.15, -0.1) is 4.40 Å². The Labute approximate surface area is 168 Å². The largest absolute Gasteiger partial charge is 0.354 e. The molecule has 0 saturated carbocycles. The van der Waals surface area contributed by atoms with E-state index >= 15 is 0 Å². The molecule has 0 unspecified atom stereocenters. The van der Waals surface area contributed by atoms with Gasteiger partial charge in [-0.25, -0.2) is 0 Å². The summed E-state index contributed by atoms with van der Waals surface area (Å²) in [7, 11) is -3.72. The molecule has 1 saturated heterocycles. The van der Waals surface area contributed by atoms with Crippen molar-refractivity contribution in [3.8, 4) is 0 Å². The Morgan fingerprint density at radius 3 is 2.50 bits per heavy atom. The average Bonchev–Trinajstić information content (AvgIpc) is 2.80. The van der Waals surface area contributed by atoms with Gasteiger partial charge in [0.05, 0.1) is 0 Å². The molecule has 152 valence electrons. The van der Waals surface area contributed by atoms with Crippen molar-refractivity contribution in [3.63, 3.8) is 0 Å². The van der Waals surface area contributed by atoms with Crippen LogP contribution in [0, 0.1) is 13.8 Å². The molecule has 0 N–H and O–H groups in total. The highest BCUT2D eigenvalue weighted by Crippen LogP contribution is 2.34. The number of nitrogens with zero attached hydrogens (tertiary/aromatic N) is 3. The number of hydrogen-bond donors (Lipinski definition) is 0. The van der Waals surface area contributed by atoms with Gasteiger partial charge in [0.1, 0.15) is 10.7 Å². The molecule has 7 heteroatoms. The SMILES string of the molecule is CCCC(=O)N1CCCN(C2=NS(=O)(=O)C(c3ccc(C)c(C)c3)=C2C)CC1. The molecule has 28 heavy (non-hydrogen) atoms. The van der Waals surface area contributed by atoms with E-state index in [1.807, 2.05) is 55.7 Å². The number of benzene rings is 1. The van der Waals surface area contributed by atoms with Crippen molar-refractivity contribution in [3.05, 3.63) is 40.5 Å². The van der Waals surface area contributed by atoms with Crippen LogP contribution in [0.15, 0.2) is 28.2 Å². The third-order valence-corrected chi connectivity index (χ3v) is 6.99. The minimum absolute atomic E-state index is 0.174. The molecular weight excluding hydrogens is 374 g/mol. The molecule has 0 aliphatic carbocycles. The van der Waals surface area contributed by atoms with Gasteiger partial charge >= 0.3 is 0 Å². The monoisotopic (exact) mass is 403 g/mol. The van der Waals surface area contributed by atoms with Gasteiger partial charge in [-0.2, -0.15) is 8.42 Å². The van der Waals surface area contributed by atoms with E-state index in [-0.39, 0.29) is 5.91 Å². The quantitative estimate of drug-likeness (QED) is 0.778. The molecule has 0 atom stereocenters. The predicted molar refractivity (Wildman–Crippen MR) is 113 cm³/mol. The maximum atomic E-state index is 12.8. The Bertz CT molecular complexity index is 948. The van der Waals surface area contributed by atoms with E-state index in [2.05, 4.69) is 4.40 Å². The fourth-order valence-electron chi connectivity index (χ4n) is 3.82. The summed E-state index contributed by atoms with van der Waals surface area (Å²) in [6.45, 7) is 10.4. The summed E-state index contributed by atoms with van der Waals surface area (Å²) in [5, 5.41) is 0. The average molecular weight is 404 g/mol. The summed E-state index contributed by atoms with van der Waals surface area (Å²) in [5.41, 5.74) is 3.56. The fraction of sp³-hybridized carbons (Fsp3) is 0.524. The van der Waals surface area contributed by atoms with Crippen LogP contribution in [-0.4, -0.2) is 56.1 Å². The zero-order chi connectivity index (χ0) is 20.5. The third-order valence-electron chi connectivity index (χ3n) is 5.52. The normalized spacial score (nSPS) is 19.6. The number of carbonyl (C=O) groups excluding carboxylic acids is 1. The minimum Gasteiger partial charge on any atom is -0.354 e. The van der Waals surface area contributed by atoms with E-state index in [4.69, 9.17) is 0 Å². The first-order valence-electron chi connectivity index (χ1n) is 9.91. The second kappa shape index (κ2) is 8.07. The lowest BCUT2D eigenvalue weighted by molar-refractivity contribution is -0.131. The first kappa shape index (κ1) is 20.6. The molecule has 1 aromatic rings. The van der Waals surface area contributed by atoms with Gasteiger partial charge in [0.15, 0.2) is 0 Å². The third kappa shape index (κ3) is 3.99. The van der Waals surface area contributed by atoms with Crippen LogP contribution in [0.2, 0.25) is 0 Å². The molecule has 1 amide bonds. The Balaban J connectivity index is 1.87. The number of carbonyl (C=O) groups is 1. The molecule has 0 aromatic heterocycles. The molecule has 2 aliphatic rings. The van der Waals surface area contributed by atoms with E-state index in [1.54, 1.807) is 0 Å². The molecular formula is C21H29N3O3S. The number of hydrogen-bond acceptors (Lipinski definition) is 4. The van der Waals surface area contributed by atoms with Gasteiger partial charge in [0.2, 0.25) is 5.91 Å². The molecule has 3 rings (SSSR count). The molecule has 1 fully saturated rings. The maximum Gasteiger partial charge on any atom is 0.285 e. The Hall–Kier alpha value is -2.15. The highest BCUT2D eigenvalue weighted by Gasteiger charge is 2.34. The number of rotatable bonds is 3. The van der Waals surface area contributed by atoms with Crippen molar-refractivity contribution in [2.24, 2.45) is 4.40 Å². The lowest BCUT2D eigenvalue weighted by Crippen LogP contribution is -2.37. The highest BCUT2D eigenvalue weighted by atomic mass is 32.2. The topological polar surface area (TPSA) is 70.1 Å². The fourth-order valence-corrected chi connectivity index (χ4v) is 5.29. The number of amides is 1. The zero-order valence-electron chi connectivity index (χ0n) is 17.2. The summed E-state index contributed by atoms with van der Waals surface area (Å²) < 4.78 is 29.8. The van der Waals surface area contributed by atoms with Crippen molar-refractivity contribution >= 4 is 26.7 Å². The van der Waals surface area contributed by atoms with Crippen LogP contribution in [0.5, 0.6) is 0 Å². The number of amidine groups is 1. The Morgan fingerprint density at radius 2 is 1.82 bits per heavy atom. The lowest BCUT2D eigenvalue weighted by Gasteiger charge is -2.23. The summed E-state index contributed by atoms with van der Waals surface area (Å²) in [6, 6.07) is 5.71. The summed E-state index contributed by atoms with van der Waals surface area (Å²) in [6.07, 6.45) is 2.21. The van der Waals surface area contributed by atoms with Crippen molar-refractivity contribution < 1.29 is 13.2 Å². The van der Waals surface area contributed by atoms with Crippen molar-refractivity contribution in [2.75, 3.05) is 26.2 Å². The molecule has 2 aliphatic heterocycles. The van der Waals surface area contributed by atoms with Crippen LogP contribution >= 0.6 is 0 Å². The number of aryl methyl sites for hydroxylation is 2. The zero-order valence-corrected chi connectivity index (χ0v) is 18.0. The van der Waals surface area contributed by atoms with Gasteiger partial charge < -0.3 is 9.80 Å². The maximum absolute atomic E-state index is 12.8. The first-order chi connectivity index (χ1) is 13.2. The molecule has 2 heterocycles. The first-order valence-corrected chi connectivity index (χ1v) is 11.3. The van der Waals surface area contributed by atoms with Crippen molar-refractivity contribution in [1.82, 2.24) is 9.80 Å². The van der Waals surface area contributed by atoms with Crippen LogP contribution in [0.3, 0.4) is 0 Å². The summed E-state index contributed by atoms with van der Waals surface area (Å²) in [4.78, 5) is 16.4. The van der Waals surface area contributed by atoms with Crippen molar-refractivity contribution in [1.29, 1.82) is 0 Å². The lowest BCUT2D eigenvalue weighted by atomic mass is 10.0. The van der Waals surface area contributed by atoms with E-state index in [0.29, 0.717) is 54.5 Å². The molecule has 1 aromatic carbocycles. The second-order valence-corrected chi connectivity index (χ2v) is 9.16. The Morgan fingerprint density at radius 1 is 1.07 bits per heavy atom. The Kier molecular flexibility index (Phi) is 5.93. The molecule has 0 radical (unpaired) electrons. The molecule has 0 bridgehead atoms. The van der Waals surface area contributed by atoms with Gasteiger partial charge in [0, 0.05) is 38.2 Å². The van der Waals surface area contributed by atoms with Crippen LogP contribution in [-0.2, 0) is 14.8 Å². The van der Waals surface area contributed by atoms with Gasteiger partial charge in [-0.05, 0) is 50.3 Å². The van der Waals surface area contributed by atoms with Crippen LogP contribution < -0.4 is 0 Å². The van der Waals surface area contributed by atoms with E-state index in [1.165, 1.54) is 0 Å². The highest BCUT2D eigenvalue weighted by molar-refractivity contribution is 8.00. The van der Waals surface area contributed by atoms with Crippen LogP contribution in [0.4, 0.5) is 0 Å². The standard InChI is InChI=1S/C21H29N3O3S/c1-5-7-19(25)23-10-6-11-24(13-12-23)21-17(4)20(28(26,27)22-21)18-9-8-15(2)16(3)14-18/h8-9,14H,5-7,10-13H2,1-4H3. The smallest absolute Gasteiger partial charge is 0.285 e. The van der Waals surface area contributed by atoms with Gasteiger partial charge in [0.25, 0.3) is 10.0 Å². The van der Waals surface area contributed by atoms with Gasteiger partial charge in [-0.1, -0.05) is 25.1 Å². The van der Waals surface area contributed by atoms with Crippen LogP contribution in [0.25, 0.3) is 4.91 Å². The van der Waals surface area contributed by atoms with E-state index in [9.17, 15) is 13.2 Å². The van der Waals surface area contributed by atoms with E-state index < -0.39 is 10.0 Å². The summed E-state index contributed by atoms with van der Waals surface area (Å²) in [5.74, 6) is 0.700. The second-order valence-electron chi connectivity index (χ2n) is 7.61. The van der Waals surface area contributed by atoms with Gasteiger partial charge in [-0.3, -0.25) is 4.79 Å².